The lowest BCUT2D eigenvalue weighted by Gasteiger charge is -2.29. The molecule has 150 valence electrons. The summed E-state index contributed by atoms with van der Waals surface area (Å²) in [6, 6.07) is 10.3. The zero-order valence-corrected chi connectivity index (χ0v) is 17.1. The van der Waals surface area contributed by atoms with E-state index in [1.807, 2.05) is 25.1 Å². The van der Waals surface area contributed by atoms with E-state index in [9.17, 15) is 0 Å². The van der Waals surface area contributed by atoms with Crippen molar-refractivity contribution in [1.29, 1.82) is 0 Å². The van der Waals surface area contributed by atoms with Crippen molar-refractivity contribution >= 4 is 0 Å². The molecule has 2 aromatic heterocycles. The summed E-state index contributed by atoms with van der Waals surface area (Å²) in [5.74, 6) is 2.55. The van der Waals surface area contributed by atoms with Gasteiger partial charge in [0.25, 0.3) is 0 Å². The number of aromatic nitrogens is 3. The van der Waals surface area contributed by atoms with E-state index in [-0.39, 0.29) is 0 Å². The summed E-state index contributed by atoms with van der Waals surface area (Å²) in [7, 11) is 0. The van der Waals surface area contributed by atoms with Gasteiger partial charge in [-0.3, -0.25) is 4.90 Å². The highest BCUT2D eigenvalue weighted by atomic mass is 16.5. The smallest absolute Gasteiger partial charge is 0.138 e. The summed E-state index contributed by atoms with van der Waals surface area (Å²) in [5.41, 5.74) is 5.77. The zero-order chi connectivity index (χ0) is 19.6. The van der Waals surface area contributed by atoms with Crippen LogP contribution in [-0.2, 0) is 19.5 Å². The number of fused-ring (bicyclic) bond motifs is 1. The highest BCUT2D eigenvalue weighted by Crippen LogP contribution is 2.32. The average molecular weight is 389 g/mol. The van der Waals surface area contributed by atoms with Crippen molar-refractivity contribution in [3.8, 4) is 11.3 Å². The molecule has 0 atom stereocenters. The van der Waals surface area contributed by atoms with Crippen LogP contribution in [0.25, 0.3) is 11.3 Å². The molecule has 1 aromatic carbocycles. The SMILES string of the molecule is Cc1onc(-c2ccccc2)c1CN1CCc2nc(C3CCCCC3)ncc2C1. The number of hydrogen-bond donors (Lipinski definition) is 0. The number of hydrogen-bond acceptors (Lipinski definition) is 5. The van der Waals surface area contributed by atoms with Gasteiger partial charge in [0, 0.05) is 60.6 Å². The van der Waals surface area contributed by atoms with Crippen LogP contribution in [0.5, 0.6) is 0 Å². The van der Waals surface area contributed by atoms with E-state index >= 15 is 0 Å². The predicted molar refractivity (Wildman–Crippen MR) is 112 cm³/mol. The Morgan fingerprint density at radius 1 is 1.10 bits per heavy atom. The Morgan fingerprint density at radius 2 is 1.93 bits per heavy atom. The van der Waals surface area contributed by atoms with Gasteiger partial charge >= 0.3 is 0 Å². The molecule has 0 saturated heterocycles. The summed E-state index contributed by atoms with van der Waals surface area (Å²) in [4.78, 5) is 12.2. The van der Waals surface area contributed by atoms with E-state index < -0.39 is 0 Å². The second-order valence-corrected chi connectivity index (χ2v) is 8.43. The second kappa shape index (κ2) is 8.07. The fourth-order valence-electron chi connectivity index (χ4n) is 4.71. The van der Waals surface area contributed by atoms with E-state index in [1.54, 1.807) is 0 Å². The lowest BCUT2D eigenvalue weighted by molar-refractivity contribution is 0.240. The molecule has 1 saturated carbocycles. The monoisotopic (exact) mass is 388 g/mol. The highest BCUT2D eigenvalue weighted by Gasteiger charge is 2.24. The molecule has 0 spiro atoms. The maximum atomic E-state index is 5.54. The Bertz CT molecular complexity index is 976. The van der Waals surface area contributed by atoms with Crippen LogP contribution in [-0.4, -0.2) is 26.6 Å². The predicted octanol–water partition coefficient (Wildman–Crippen LogP) is 5.05. The third-order valence-corrected chi connectivity index (χ3v) is 6.42. The van der Waals surface area contributed by atoms with Crippen LogP contribution < -0.4 is 0 Å². The average Bonchev–Trinajstić information content (AvgIpc) is 3.14. The highest BCUT2D eigenvalue weighted by molar-refractivity contribution is 5.63. The molecule has 3 heterocycles. The molecule has 0 amide bonds. The first-order valence-corrected chi connectivity index (χ1v) is 10.9. The third kappa shape index (κ3) is 3.84. The third-order valence-electron chi connectivity index (χ3n) is 6.42. The normalized spacial score (nSPS) is 18.0. The molecule has 1 aliphatic heterocycles. The summed E-state index contributed by atoms with van der Waals surface area (Å²) >= 11 is 0. The van der Waals surface area contributed by atoms with Gasteiger partial charge in [0.05, 0.1) is 0 Å². The fraction of sp³-hybridized carbons (Fsp3) is 0.458. The Labute approximate surface area is 172 Å². The van der Waals surface area contributed by atoms with Gasteiger partial charge in [0.2, 0.25) is 0 Å². The summed E-state index contributed by atoms with van der Waals surface area (Å²) in [5, 5.41) is 4.33. The van der Waals surface area contributed by atoms with Crippen LogP contribution in [0.15, 0.2) is 41.1 Å². The van der Waals surface area contributed by atoms with E-state index in [4.69, 9.17) is 14.5 Å². The van der Waals surface area contributed by atoms with E-state index in [0.29, 0.717) is 5.92 Å². The molecule has 1 aliphatic carbocycles. The van der Waals surface area contributed by atoms with Gasteiger partial charge in [-0.05, 0) is 19.8 Å². The molecule has 3 aromatic rings. The molecule has 0 unspecified atom stereocenters. The van der Waals surface area contributed by atoms with Gasteiger partial charge in [0.1, 0.15) is 17.3 Å². The lowest BCUT2D eigenvalue weighted by atomic mass is 9.88. The van der Waals surface area contributed by atoms with Crippen LogP contribution >= 0.6 is 0 Å². The van der Waals surface area contributed by atoms with Crippen LogP contribution in [0.1, 0.15) is 66.4 Å². The van der Waals surface area contributed by atoms with Gasteiger partial charge in [0.15, 0.2) is 0 Å². The molecule has 0 N–H and O–H groups in total. The van der Waals surface area contributed by atoms with Crippen molar-refractivity contribution in [2.45, 2.75) is 64.5 Å². The summed E-state index contributed by atoms with van der Waals surface area (Å²) in [6.45, 7) is 4.74. The van der Waals surface area contributed by atoms with Gasteiger partial charge in [-0.25, -0.2) is 9.97 Å². The summed E-state index contributed by atoms with van der Waals surface area (Å²) < 4.78 is 5.54. The van der Waals surface area contributed by atoms with E-state index in [1.165, 1.54) is 48.9 Å². The number of benzene rings is 1. The van der Waals surface area contributed by atoms with Crippen molar-refractivity contribution in [3.05, 3.63) is 64.9 Å². The minimum Gasteiger partial charge on any atom is -0.361 e. The Hall–Kier alpha value is -2.53. The number of rotatable bonds is 4. The Kier molecular flexibility index (Phi) is 5.15. The topological polar surface area (TPSA) is 55.1 Å². The fourth-order valence-corrected chi connectivity index (χ4v) is 4.71. The van der Waals surface area contributed by atoms with Crippen molar-refractivity contribution in [3.63, 3.8) is 0 Å². The van der Waals surface area contributed by atoms with Gasteiger partial charge in [-0.15, -0.1) is 0 Å². The first-order chi connectivity index (χ1) is 14.3. The molecular formula is C24H28N4O. The number of nitrogens with zero attached hydrogens (tertiary/aromatic N) is 4. The standard InChI is InChI=1S/C24H28N4O/c1-17-21(23(27-29-17)18-8-4-2-5-9-18)16-28-13-12-22-20(15-28)14-25-24(26-22)19-10-6-3-7-11-19/h2,4-5,8-9,14,19H,3,6-7,10-13,15-16H2,1H3. The summed E-state index contributed by atoms with van der Waals surface area (Å²) in [6.07, 6.45) is 9.57. The van der Waals surface area contributed by atoms with Crippen LogP contribution in [0.4, 0.5) is 0 Å². The van der Waals surface area contributed by atoms with Crippen molar-refractivity contribution in [2.24, 2.45) is 0 Å². The van der Waals surface area contributed by atoms with Crippen LogP contribution in [0, 0.1) is 6.92 Å². The molecule has 1 fully saturated rings. The van der Waals surface area contributed by atoms with E-state index in [0.717, 1.165) is 48.9 Å². The number of aryl methyl sites for hydroxylation is 1. The first-order valence-electron chi connectivity index (χ1n) is 10.9. The molecule has 0 bridgehead atoms. The Morgan fingerprint density at radius 3 is 2.76 bits per heavy atom. The van der Waals surface area contributed by atoms with Crippen molar-refractivity contribution in [2.75, 3.05) is 6.54 Å². The Balaban J connectivity index is 1.33. The second-order valence-electron chi connectivity index (χ2n) is 8.43. The van der Waals surface area contributed by atoms with Gasteiger partial charge in [-0.2, -0.15) is 0 Å². The maximum Gasteiger partial charge on any atom is 0.138 e. The molecule has 2 aliphatic rings. The van der Waals surface area contributed by atoms with Gasteiger partial charge < -0.3 is 4.52 Å². The molecule has 5 heteroatoms. The zero-order valence-electron chi connectivity index (χ0n) is 17.1. The first kappa shape index (κ1) is 18.5. The quantitative estimate of drug-likeness (QED) is 0.626. The minimum atomic E-state index is 0.570. The molecule has 5 rings (SSSR count). The van der Waals surface area contributed by atoms with Gasteiger partial charge in [-0.1, -0.05) is 54.8 Å². The molecule has 29 heavy (non-hydrogen) atoms. The van der Waals surface area contributed by atoms with Crippen LogP contribution in [0.2, 0.25) is 0 Å². The van der Waals surface area contributed by atoms with E-state index in [2.05, 4.69) is 28.4 Å². The maximum absolute atomic E-state index is 5.54. The molecular weight excluding hydrogens is 360 g/mol. The molecule has 5 nitrogen and oxygen atoms in total. The lowest BCUT2D eigenvalue weighted by Crippen LogP contribution is -2.31. The largest absolute Gasteiger partial charge is 0.361 e. The molecule has 0 radical (unpaired) electrons. The minimum absolute atomic E-state index is 0.570. The van der Waals surface area contributed by atoms with Crippen molar-refractivity contribution in [1.82, 2.24) is 20.0 Å². The van der Waals surface area contributed by atoms with Crippen LogP contribution in [0.3, 0.4) is 0 Å². The van der Waals surface area contributed by atoms with Crippen molar-refractivity contribution < 1.29 is 4.52 Å².